The number of nitrogens with zero attached hydrogens (tertiary/aromatic N) is 2. The van der Waals surface area contributed by atoms with Gasteiger partial charge < -0.3 is 4.90 Å². The number of hydrogen-bond donors (Lipinski definition) is 0. The molecular weight excluding hydrogens is 330 g/mol. The van der Waals surface area contributed by atoms with Gasteiger partial charge in [0.15, 0.2) is 0 Å². The first-order chi connectivity index (χ1) is 9.24. The van der Waals surface area contributed by atoms with E-state index in [0.29, 0.717) is 0 Å². The predicted molar refractivity (Wildman–Crippen MR) is 72.0 cm³/mol. The molecule has 1 aliphatic rings. The van der Waals surface area contributed by atoms with E-state index in [1.807, 2.05) is 6.07 Å². The Hall–Kier alpha value is -1.36. The van der Waals surface area contributed by atoms with Crippen LogP contribution in [0.5, 0.6) is 0 Å². The molecule has 0 N–H and O–H groups in total. The molecule has 1 aromatic carbocycles. The highest BCUT2D eigenvalue weighted by molar-refractivity contribution is 7.87. The molecule has 2 rings (SSSR count). The number of rotatable bonds is 2. The van der Waals surface area contributed by atoms with Gasteiger partial charge in [-0.25, -0.2) is 0 Å². The van der Waals surface area contributed by atoms with Crippen LogP contribution in [-0.2, 0) is 15.0 Å². The van der Waals surface area contributed by atoms with Crippen LogP contribution >= 0.6 is 23.2 Å². The van der Waals surface area contributed by atoms with Crippen LogP contribution in [0.1, 0.15) is 12.0 Å². The normalized spacial score (nSPS) is 19.2. The standard InChI is InChI=1S/C11H7Cl2FN2O3S/c12-8-1-6(4-15)2-9(13)11(8)16-5-7(3-10(16)17)20(14,18)19/h1-2,7H,3,5H2. The lowest BCUT2D eigenvalue weighted by atomic mass is 10.2. The number of anilines is 1. The zero-order valence-corrected chi connectivity index (χ0v) is 12.1. The van der Waals surface area contributed by atoms with Gasteiger partial charge in [-0.3, -0.25) is 4.79 Å². The van der Waals surface area contributed by atoms with Crippen LogP contribution in [0.2, 0.25) is 10.0 Å². The fourth-order valence-corrected chi connectivity index (χ4v) is 3.33. The lowest BCUT2D eigenvalue weighted by molar-refractivity contribution is -0.117. The molecule has 0 saturated carbocycles. The van der Waals surface area contributed by atoms with E-state index < -0.39 is 27.8 Å². The zero-order chi connectivity index (χ0) is 15.1. The second-order valence-electron chi connectivity index (χ2n) is 4.21. The molecule has 1 atom stereocenters. The molecule has 0 radical (unpaired) electrons. The molecule has 1 unspecified atom stereocenters. The van der Waals surface area contributed by atoms with Crippen molar-refractivity contribution in [1.29, 1.82) is 5.26 Å². The van der Waals surface area contributed by atoms with Crippen LogP contribution in [0.15, 0.2) is 12.1 Å². The van der Waals surface area contributed by atoms with Crippen LogP contribution in [-0.4, -0.2) is 26.1 Å². The summed E-state index contributed by atoms with van der Waals surface area (Å²) in [6, 6.07) is 4.44. The molecule has 1 saturated heterocycles. The summed E-state index contributed by atoms with van der Waals surface area (Å²) in [6.45, 7) is -0.358. The van der Waals surface area contributed by atoms with Crippen molar-refractivity contribution in [2.75, 3.05) is 11.4 Å². The van der Waals surface area contributed by atoms with E-state index in [1.54, 1.807) is 0 Å². The van der Waals surface area contributed by atoms with Crippen LogP contribution in [0.25, 0.3) is 0 Å². The van der Waals surface area contributed by atoms with Gasteiger partial charge in [-0.2, -0.15) is 13.7 Å². The number of nitriles is 1. The number of carbonyl (C=O) groups excluding carboxylic acids is 1. The van der Waals surface area contributed by atoms with E-state index >= 15 is 0 Å². The van der Waals surface area contributed by atoms with E-state index in [2.05, 4.69) is 0 Å². The van der Waals surface area contributed by atoms with Gasteiger partial charge in [0.25, 0.3) is 0 Å². The molecule has 0 aliphatic carbocycles. The summed E-state index contributed by atoms with van der Waals surface area (Å²) in [5, 5.41) is 7.39. The van der Waals surface area contributed by atoms with Crippen LogP contribution in [0, 0.1) is 11.3 Å². The molecule has 1 aromatic rings. The van der Waals surface area contributed by atoms with Crippen molar-refractivity contribution >= 4 is 45.0 Å². The van der Waals surface area contributed by atoms with Crippen molar-refractivity contribution in [3.63, 3.8) is 0 Å². The predicted octanol–water partition coefficient (Wildman–Crippen LogP) is 2.27. The molecule has 20 heavy (non-hydrogen) atoms. The van der Waals surface area contributed by atoms with Crippen molar-refractivity contribution in [3.8, 4) is 6.07 Å². The minimum atomic E-state index is -4.82. The topological polar surface area (TPSA) is 78.2 Å². The Morgan fingerprint density at radius 3 is 2.30 bits per heavy atom. The number of carbonyl (C=O) groups is 1. The van der Waals surface area contributed by atoms with Gasteiger partial charge in [0.1, 0.15) is 5.25 Å². The first-order valence-electron chi connectivity index (χ1n) is 5.37. The quantitative estimate of drug-likeness (QED) is 0.776. The molecular formula is C11H7Cl2FN2O3S. The first-order valence-corrected chi connectivity index (χ1v) is 7.57. The molecule has 1 fully saturated rings. The van der Waals surface area contributed by atoms with Gasteiger partial charge in [0.2, 0.25) is 5.91 Å². The Balaban J connectivity index is 2.44. The van der Waals surface area contributed by atoms with Gasteiger partial charge in [-0.1, -0.05) is 23.2 Å². The van der Waals surface area contributed by atoms with Crippen molar-refractivity contribution < 1.29 is 17.1 Å². The third-order valence-corrected chi connectivity index (χ3v) is 4.59. The molecule has 1 amide bonds. The van der Waals surface area contributed by atoms with Gasteiger partial charge >= 0.3 is 10.2 Å². The summed E-state index contributed by atoms with van der Waals surface area (Å²) in [6.07, 6.45) is -0.467. The van der Waals surface area contributed by atoms with Crippen LogP contribution in [0.3, 0.4) is 0 Å². The molecule has 0 spiro atoms. The molecule has 106 valence electrons. The Kier molecular flexibility index (Phi) is 3.91. The van der Waals surface area contributed by atoms with Crippen LogP contribution in [0.4, 0.5) is 9.57 Å². The smallest absolute Gasteiger partial charge is 0.307 e. The molecule has 0 aromatic heterocycles. The molecule has 1 heterocycles. The highest BCUT2D eigenvalue weighted by Crippen LogP contribution is 2.38. The SMILES string of the molecule is N#Cc1cc(Cl)c(N2CC(S(=O)(=O)F)CC2=O)c(Cl)c1. The Morgan fingerprint density at radius 1 is 1.35 bits per heavy atom. The van der Waals surface area contributed by atoms with E-state index in [4.69, 9.17) is 28.5 Å². The van der Waals surface area contributed by atoms with E-state index in [0.717, 1.165) is 4.90 Å². The summed E-state index contributed by atoms with van der Waals surface area (Å²) >= 11 is 11.9. The lowest BCUT2D eigenvalue weighted by Gasteiger charge is -2.19. The van der Waals surface area contributed by atoms with E-state index in [-0.39, 0.29) is 27.8 Å². The second kappa shape index (κ2) is 5.20. The zero-order valence-electron chi connectivity index (χ0n) is 9.81. The third-order valence-electron chi connectivity index (χ3n) is 2.90. The average Bonchev–Trinajstić information content (AvgIpc) is 2.70. The van der Waals surface area contributed by atoms with Gasteiger partial charge in [0, 0.05) is 13.0 Å². The van der Waals surface area contributed by atoms with Gasteiger partial charge in [-0.05, 0) is 12.1 Å². The second-order valence-corrected chi connectivity index (χ2v) is 6.64. The Labute approximate surface area is 124 Å². The lowest BCUT2D eigenvalue weighted by Crippen LogP contribution is -2.27. The number of halogens is 3. The molecule has 1 aliphatic heterocycles. The first kappa shape index (κ1) is 15.0. The van der Waals surface area contributed by atoms with Crippen molar-refractivity contribution in [1.82, 2.24) is 0 Å². The number of amides is 1. The monoisotopic (exact) mass is 336 g/mol. The van der Waals surface area contributed by atoms with Crippen molar-refractivity contribution in [2.45, 2.75) is 11.7 Å². The number of hydrogen-bond acceptors (Lipinski definition) is 4. The minimum Gasteiger partial charge on any atom is -0.308 e. The maximum atomic E-state index is 13.0. The summed E-state index contributed by atoms with van der Waals surface area (Å²) in [5.41, 5.74) is 0.286. The highest BCUT2D eigenvalue weighted by Gasteiger charge is 2.40. The average molecular weight is 337 g/mol. The highest BCUT2D eigenvalue weighted by atomic mass is 35.5. The molecule has 5 nitrogen and oxygen atoms in total. The summed E-state index contributed by atoms with van der Waals surface area (Å²) in [4.78, 5) is 12.8. The maximum Gasteiger partial charge on any atom is 0.307 e. The van der Waals surface area contributed by atoms with Crippen LogP contribution < -0.4 is 4.90 Å². The third kappa shape index (κ3) is 2.73. The van der Waals surface area contributed by atoms with Gasteiger partial charge in [0.05, 0.1) is 27.4 Å². The fraction of sp³-hybridized carbons (Fsp3) is 0.273. The Bertz CT molecular complexity index is 707. The minimum absolute atomic E-state index is 0.0271. The molecule has 9 heteroatoms. The number of benzene rings is 1. The summed E-state index contributed by atoms with van der Waals surface area (Å²) < 4.78 is 34.7. The fourth-order valence-electron chi connectivity index (χ4n) is 1.97. The maximum absolute atomic E-state index is 13.0. The summed E-state index contributed by atoms with van der Waals surface area (Å²) in [5.74, 6) is -0.593. The van der Waals surface area contributed by atoms with Gasteiger partial charge in [-0.15, -0.1) is 3.89 Å². The van der Waals surface area contributed by atoms with Crippen molar-refractivity contribution in [3.05, 3.63) is 27.7 Å². The molecule has 0 bridgehead atoms. The van der Waals surface area contributed by atoms with E-state index in [1.165, 1.54) is 12.1 Å². The van der Waals surface area contributed by atoms with E-state index in [9.17, 15) is 17.1 Å². The summed E-state index contributed by atoms with van der Waals surface area (Å²) in [7, 11) is -4.82. The Morgan fingerprint density at radius 2 is 1.90 bits per heavy atom. The largest absolute Gasteiger partial charge is 0.308 e. The van der Waals surface area contributed by atoms with Crippen molar-refractivity contribution in [2.24, 2.45) is 0 Å².